The van der Waals surface area contributed by atoms with Gasteiger partial charge in [0.15, 0.2) is 0 Å². The van der Waals surface area contributed by atoms with E-state index in [0.717, 1.165) is 38.5 Å². The van der Waals surface area contributed by atoms with Crippen LogP contribution in [0.4, 0.5) is 0 Å². The smallest absolute Gasteiger partial charge is 0.211 e. The van der Waals surface area contributed by atoms with Crippen molar-refractivity contribution in [2.45, 2.75) is 116 Å². The van der Waals surface area contributed by atoms with Gasteiger partial charge in [-0.15, -0.1) is 0 Å². The quantitative estimate of drug-likeness (QED) is 0.538. The summed E-state index contributed by atoms with van der Waals surface area (Å²) in [5.74, 6) is 1.68. The van der Waals surface area contributed by atoms with Gasteiger partial charge in [-0.3, -0.25) is 0 Å². The molecule has 222 valence electrons. The zero-order valence-electron chi connectivity index (χ0n) is 24.9. The molecule has 2 aliphatic heterocycles. The molecular weight excluding hydrogens is 514 g/mol. The summed E-state index contributed by atoms with van der Waals surface area (Å²) < 4.78 is 39.0. The predicted molar refractivity (Wildman–Crippen MR) is 148 cm³/mol. The highest BCUT2D eigenvalue weighted by Gasteiger charge is 2.84. The van der Waals surface area contributed by atoms with E-state index in [9.17, 15) is 18.6 Å². The lowest BCUT2D eigenvalue weighted by Crippen LogP contribution is -2.59. The Morgan fingerprint density at radius 3 is 2.26 bits per heavy atom. The molecule has 7 rings (SSSR count). The lowest BCUT2D eigenvalue weighted by Gasteiger charge is -2.63. The molecule has 0 bridgehead atoms. The van der Waals surface area contributed by atoms with Crippen LogP contribution in [-0.2, 0) is 19.5 Å². The van der Waals surface area contributed by atoms with E-state index in [1.165, 1.54) is 19.1 Å². The Labute approximate surface area is 235 Å². The predicted octanol–water partition coefficient (Wildman–Crippen LogP) is 3.82. The highest BCUT2D eigenvalue weighted by molar-refractivity contribution is 7.88. The third kappa shape index (κ3) is 3.25. The minimum Gasteiger partial charge on any atom is -0.393 e. The fraction of sp³-hybridized carbons (Fsp3) is 1.00. The second kappa shape index (κ2) is 8.22. The van der Waals surface area contributed by atoms with Crippen LogP contribution in [0.25, 0.3) is 0 Å². The Balaban J connectivity index is 1.19. The fourth-order valence-electron chi connectivity index (χ4n) is 12.7. The molecule has 2 heterocycles. The Morgan fingerprint density at radius 2 is 1.62 bits per heavy atom. The molecule has 0 radical (unpaired) electrons. The molecule has 2 spiro atoms. The Bertz CT molecular complexity index is 1140. The maximum absolute atomic E-state index is 12.6. The molecule has 2 N–H and O–H groups in total. The minimum absolute atomic E-state index is 0.00393. The SMILES string of the molecule is C[C@@H]1CC(CN(C2COC2)S(C)(=O)=O)OC2[C@H]1[C@@]1(C)CCC34CC35CC[C@H](O)C(C)(C)[C@@H]5CCC4[C@]1(C)[C@H]2O. The summed E-state index contributed by atoms with van der Waals surface area (Å²) in [4.78, 5) is 0. The molecule has 0 aromatic carbocycles. The van der Waals surface area contributed by atoms with Gasteiger partial charge in [0.2, 0.25) is 10.0 Å². The van der Waals surface area contributed by atoms with Gasteiger partial charge >= 0.3 is 0 Å². The van der Waals surface area contributed by atoms with Crippen LogP contribution in [0.3, 0.4) is 0 Å². The molecule has 7 aliphatic rings. The number of aliphatic hydroxyl groups is 2. The van der Waals surface area contributed by atoms with E-state index in [4.69, 9.17) is 9.47 Å². The molecular formula is C31H51NO6S. The summed E-state index contributed by atoms with van der Waals surface area (Å²) in [5, 5.41) is 23.3. The first-order chi connectivity index (χ1) is 18.1. The first kappa shape index (κ1) is 27.6. The average Bonchev–Trinajstić information content (AvgIpc) is 3.45. The highest BCUT2D eigenvalue weighted by atomic mass is 32.2. The van der Waals surface area contributed by atoms with E-state index < -0.39 is 16.1 Å². The van der Waals surface area contributed by atoms with Crippen LogP contribution < -0.4 is 0 Å². The lowest BCUT2D eigenvalue weighted by molar-refractivity contribution is -0.182. The third-order valence-corrected chi connectivity index (χ3v) is 16.0. The molecule has 12 atom stereocenters. The van der Waals surface area contributed by atoms with Crippen molar-refractivity contribution in [3.63, 3.8) is 0 Å². The van der Waals surface area contributed by atoms with Gasteiger partial charge in [0.05, 0.1) is 49.9 Å². The number of fused-ring (bicyclic) bond motifs is 4. The van der Waals surface area contributed by atoms with Gasteiger partial charge in [0.25, 0.3) is 0 Å². The largest absolute Gasteiger partial charge is 0.393 e. The van der Waals surface area contributed by atoms with Crippen molar-refractivity contribution >= 4 is 10.0 Å². The van der Waals surface area contributed by atoms with Gasteiger partial charge in [-0.25, -0.2) is 8.42 Å². The molecule has 8 heteroatoms. The van der Waals surface area contributed by atoms with Crippen molar-refractivity contribution in [3.8, 4) is 0 Å². The Morgan fingerprint density at radius 1 is 0.949 bits per heavy atom. The fourth-order valence-corrected chi connectivity index (χ4v) is 13.8. The van der Waals surface area contributed by atoms with Crippen molar-refractivity contribution in [3.05, 3.63) is 0 Å². The summed E-state index contributed by atoms with van der Waals surface area (Å²) in [6.45, 7) is 13.0. The molecule has 39 heavy (non-hydrogen) atoms. The number of rotatable bonds is 4. The standard InChI is InChI=1S/C31H51NO6S/c1-18-13-20(14-32(39(6,35)36)19-15-37-16-19)38-25-24(18)28(4)11-12-31-17-30(31)10-9-23(33)27(2,3)21(30)7-8-22(31)29(28,5)26(25)34/h18-26,33-34H,7-17H2,1-6H3/t18-,20?,21+,22?,23+,24+,25?,26+,28-,29-,30?,31?/m1/s1. The van der Waals surface area contributed by atoms with Crippen LogP contribution in [0.2, 0.25) is 0 Å². The maximum Gasteiger partial charge on any atom is 0.211 e. The average molecular weight is 566 g/mol. The molecule has 5 aliphatic carbocycles. The van der Waals surface area contributed by atoms with E-state index in [1.807, 2.05) is 0 Å². The number of nitrogens with zero attached hydrogens (tertiary/aromatic N) is 1. The molecule has 0 aromatic rings. The van der Waals surface area contributed by atoms with Crippen molar-refractivity contribution < 1.29 is 28.1 Å². The summed E-state index contributed by atoms with van der Waals surface area (Å²) >= 11 is 0. The Kier molecular flexibility index (Phi) is 5.81. The normalized spacial score (nSPS) is 56.0. The molecule has 7 fully saturated rings. The third-order valence-electron chi connectivity index (χ3n) is 14.7. The van der Waals surface area contributed by atoms with Gasteiger partial charge in [-0.05, 0) is 96.7 Å². The van der Waals surface area contributed by atoms with Crippen molar-refractivity contribution in [2.75, 3.05) is 26.0 Å². The lowest BCUT2D eigenvalue weighted by atomic mass is 9.41. The molecule has 2 saturated heterocycles. The van der Waals surface area contributed by atoms with Crippen molar-refractivity contribution in [2.24, 2.45) is 50.7 Å². The molecule has 5 saturated carbocycles. The second-order valence-electron chi connectivity index (χ2n) is 16.2. The van der Waals surface area contributed by atoms with Crippen LogP contribution in [0.5, 0.6) is 0 Å². The van der Waals surface area contributed by atoms with Gasteiger partial charge in [0.1, 0.15) is 0 Å². The summed E-state index contributed by atoms with van der Waals surface area (Å²) in [6.07, 6.45) is 8.85. The number of ether oxygens (including phenoxy) is 2. The zero-order chi connectivity index (χ0) is 28.0. The number of hydrogen-bond acceptors (Lipinski definition) is 6. The highest BCUT2D eigenvalue weighted by Crippen LogP contribution is 2.89. The van der Waals surface area contributed by atoms with Crippen molar-refractivity contribution in [1.82, 2.24) is 4.31 Å². The van der Waals surface area contributed by atoms with Gasteiger partial charge in [0, 0.05) is 12.0 Å². The number of hydrogen-bond donors (Lipinski definition) is 2. The summed E-state index contributed by atoms with van der Waals surface area (Å²) in [5.41, 5.74) is 0.341. The van der Waals surface area contributed by atoms with Gasteiger partial charge in [-0.1, -0.05) is 34.6 Å². The van der Waals surface area contributed by atoms with E-state index in [0.29, 0.717) is 42.9 Å². The number of sulfonamides is 1. The molecule has 5 unspecified atom stereocenters. The maximum atomic E-state index is 12.6. The summed E-state index contributed by atoms with van der Waals surface area (Å²) in [7, 11) is -3.37. The van der Waals surface area contributed by atoms with E-state index in [1.54, 1.807) is 4.31 Å². The minimum atomic E-state index is -3.37. The van der Waals surface area contributed by atoms with Crippen LogP contribution in [0.1, 0.15) is 86.0 Å². The number of aliphatic hydroxyl groups excluding tert-OH is 2. The van der Waals surface area contributed by atoms with E-state index in [-0.39, 0.29) is 51.9 Å². The topological polar surface area (TPSA) is 96.3 Å². The Hall–Kier alpha value is -0.250. The van der Waals surface area contributed by atoms with Crippen LogP contribution >= 0.6 is 0 Å². The van der Waals surface area contributed by atoms with Crippen LogP contribution in [0.15, 0.2) is 0 Å². The zero-order valence-corrected chi connectivity index (χ0v) is 25.7. The van der Waals surface area contributed by atoms with Crippen LogP contribution in [0, 0.1) is 50.7 Å². The van der Waals surface area contributed by atoms with E-state index >= 15 is 0 Å². The first-order valence-electron chi connectivity index (χ1n) is 15.7. The molecule has 7 nitrogen and oxygen atoms in total. The van der Waals surface area contributed by atoms with Crippen LogP contribution in [-0.4, -0.2) is 79.4 Å². The van der Waals surface area contributed by atoms with Gasteiger partial charge in [-0.2, -0.15) is 4.31 Å². The summed E-state index contributed by atoms with van der Waals surface area (Å²) in [6, 6.07) is -0.109. The second-order valence-corrected chi connectivity index (χ2v) is 18.1. The van der Waals surface area contributed by atoms with E-state index in [2.05, 4.69) is 34.6 Å². The molecule has 0 amide bonds. The monoisotopic (exact) mass is 565 g/mol. The first-order valence-corrected chi connectivity index (χ1v) is 17.5. The molecule has 0 aromatic heterocycles. The van der Waals surface area contributed by atoms with Crippen molar-refractivity contribution in [1.29, 1.82) is 0 Å². The van der Waals surface area contributed by atoms with Gasteiger partial charge < -0.3 is 19.7 Å².